The van der Waals surface area contributed by atoms with Crippen LogP contribution >= 0.6 is 46.1 Å². The fourth-order valence-corrected chi connectivity index (χ4v) is 4.86. The molecule has 15 heteroatoms. The Morgan fingerprint density at radius 2 is 1.71 bits per heavy atom. The lowest BCUT2D eigenvalue weighted by Gasteiger charge is -2.11. The quantitative estimate of drug-likeness (QED) is 0.419. The van der Waals surface area contributed by atoms with Crippen LogP contribution in [0.25, 0.3) is 0 Å². The smallest absolute Gasteiger partial charge is 0.296 e. The number of sulfonamides is 1. The van der Waals surface area contributed by atoms with E-state index >= 15 is 0 Å². The molecule has 164 valence electrons. The van der Waals surface area contributed by atoms with E-state index in [2.05, 4.69) is 15.5 Å². The number of benzene rings is 2. The van der Waals surface area contributed by atoms with Crippen LogP contribution in [0.2, 0.25) is 15.1 Å². The van der Waals surface area contributed by atoms with E-state index in [0.29, 0.717) is 28.5 Å². The van der Waals surface area contributed by atoms with Gasteiger partial charge in [-0.3, -0.25) is 14.8 Å². The van der Waals surface area contributed by atoms with Crippen LogP contribution in [0, 0.1) is 0 Å². The molecule has 0 saturated heterocycles. The highest BCUT2D eigenvalue weighted by molar-refractivity contribution is 7.94. The van der Waals surface area contributed by atoms with Crippen molar-refractivity contribution in [2.45, 2.75) is 10.5 Å². The molecule has 3 rings (SSSR count). The summed E-state index contributed by atoms with van der Waals surface area (Å²) in [7, 11) is -4.44. The molecule has 1 aromatic heterocycles. The van der Waals surface area contributed by atoms with Gasteiger partial charge >= 0.3 is 6.18 Å². The van der Waals surface area contributed by atoms with Crippen LogP contribution in [-0.2, 0) is 16.2 Å². The summed E-state index contributed by atoms with van der Waals surface area (Å²) in [6.45, 7) is 0. The zero-order chi connectivity index (χ0) is 23.0. The van der Waals surface area contributed by atoms with E-state index in [1.165, 1.54) is 18.2 Å². The molecule has 1 heterocycles. The number of alkyl halides is 3. The topological polar surface area (TPSA) is 101 Å². The number of carbonyl (C=O) groups is 1. The van der Waals surface area contributed by atoms with Crippen LogP contribution in [0.3, 0.4) is 0 Å². The lowest BCUT2D eigenvalue weighted by atomic mass is 10.2. The van der Waals surface area contributed by atoms with Gasteiger partial charge in [-0.25, -0.2) is 0 Å². The van der Waals surface area contributed by atoms with Crippen LogP contribution < -0.4 is 10.0 Å². The van der Waals surface area contributed by atoms with Crippen LogP contribution in [0.15, 0.2) is 40.7 Å². The highest BCUT2D eigenvalue weighted by atomic mass is 35.5. The summed E-state index contributed by atoms with van der Waals surface area (Å²) in [5.41, 5.74) is -1.54. The van der Waals surface area contributed by atoms with Crippen LogP contribution in [0.1, 0.15) is 15.9 Å². The second-order valence-electron chi connectivity index (χ2n) is 5.75. The minimum atomic E-state index is -4.70. The minimum absolute atomic E-state index is 0.0551. The zero-order valence-electron chi connectivity index (χ0n) is 14.7. The lowest BCUT2D eigenvalue weighted by Crippen LogP contribution is -2.14. The molecular formula is C16H8Cl3F3N4O3S2. The maximum absolute atomic E-state index is 12.9. The first kappa shape index (κ1) is 23.5. The third kappa shape index (κ3) is 5.57. The summed E-state index contributed by atoms with van der Waals surface area (Å²) in [6.07, 6.45) is -4.70. The molecule has 0 atom stereocenters. The Labute approximate surface area is 192 Å². The molecular weight excluding hydrogens is 524 g/mol. The molecule has 0 radical (unpaired) electrons. The highest BCUT2D eigenvalue weighted by Gasteiger charge is 2.32. The molecule has 7 nitrogen and oxygen atoms in total. The average molecular weight is 532 g/mol. The van der Waals surface area contributed by atoms with Gasteiger partial charge in [0.15, 0.2) is 0 Å². The second-order valence-corrected chi connectivity index (χ2v) is 9.83. The van der Waals surface area contributed by atoms with Crippen molar-refractivity contribution in [3.8, 4) is 0 Å². The van der Waals surface area contributed by atoms with Crippen molar-refractivity contribution < 1.29 is 26.4 Å². The average Bonchev–Trinajstić information content (AvgIpc) is 3.11. The molecule has 0 spiro atoms. The van der Waals surface area contributed by atoms with E-state index in [4.69, 9.17) is 34.8 Å². The van der Waals surface area contributed by atoms with E-state index in [1.807, 2.05) is 4.72 Å². The molecule has 2 aromatic carbocycles. The van der Waals surface area contributed by atoms with E-state index in [-0.39, 0.29) is 20.7 Å². The van der Waals surface area contributed by atoms with Gasteiger partial charge in [-0.15, -0.1) is 10.2 Å². The van der Waals surface area contributed by atoms with Gasteiger partial charge in [-0.2, -0.15) is 21.6 Å². The van der Waals surface area contributed by atoms with E-state index in [1.54, 1.807) is 0 Å². The second kappa shape index (κ2) is 8.79. The van der Waals surface area contributed by atoms with Gasteiger partial charge in [0.05, 0.1) is 26.9 Å². The Hall–Kier alpha value is -2.12. The Bertz CT molecular complexity index is 1270. The molecule has 2 N–H and O–H groups in total. The lowest BCUT2D eigenvalue weighted by molar-refractivity contribution is -0.137. The van der Waals surface area contributed by atoms with Crippen molar-refractivity contribution in [1.82, 2.24) is 10.2 Å². The van der Waals surface area contributed by atoms with E-state index in [0.717, 1.165) is 6.07 Å². The number of hydrogen-bond donors (Lipinski definition) is 2. The number of halogens is 6. The first-order chi connectivity index (χ1) is 14.4. The molecule has 0 bridgehead atoms. The van der Waals surface area contributed by atoms with Crippen molar-refractivity contribution in [3.63, 3.8) is 0 Å². The number of nitrogens with zero attached hydrogens (tertiary/aromatic N) is 2. The standard InChI is InChI=1S/C16H8Cl3F3N4O3S2/c17-8-2-3-9(11(19)6-8)13(27)23-14-24-25-15(30-14)31(28,29)26-12-5-7(16(20,21)22)1-4-10(12)18/h1-6,26H,(H,23,24,27). The Morgan fingerprint density at radius 3 is 2.35 bits per heavy atom. The molecule has 3 aromatic rings. The maximum Gasteiger partial charge on any atom is 0.416 e. The third-order valence-electron chi connectivity index (χ3n) is 3.57. The monoisotopic (exact) mass is 530 g/mol. The molecule has 0 saturated carbocycles. The number of rotatable bonds is 5. The molecule has 0 aliphatic carbocycles. The van der Waals surface area contributed by atoms with Crippen molar-refractivity contribution in [2.75, 3.05) is 10.0 Å². The Balaban J connectivity index is 1.81. The summed E-state index contributed by atoms with van der Waals surface area (Å²) in [4.78, 5) is 12.3. The number of hydrogen-bond acceptors (Lipinski definition) is 6. The number of aromatic nitrogens is 2. The first-order valence-electron chi connectivity index (χ1n) is 7.86. The Kier molecular flexibility index (Phi) is 6.67. The van der Waals surface area contributed by atoms with Crippen molar-refractivity contribution >= 4 is 72.9 Å². The molecule has 31 heavy (non-hydrogen) atoms. The third-order valence-corrected chi connectivity index (χ3v) is 7.02. The normalized spacial score (nSPS) is 11.9. The number of amides is 1. The van der Waals surface area contributed by atoms with Gasteiger partial charge in [0, 0.05) is 5.02 Å². The molecule has 0 unspecified atom stereocenters. The summed E-state index contributed by atoms with van der Waals surface area (Å²) >= 11 is 18.0. The predicted molar refractivity (Wildman–Crippen MR) is 112 cm³/mol. The van der Waals surface area contributed by atoms with Gasteiger partial charge in [0.25, 0.3) is 20.3 Å². The molecule has 0 fully saturated rings. The summed E-state index contributed by atoms with van der Waals surface area (Å²) in [5.74, 6) is -0.698. The first-order valence-corrected chi connectivity index (χ1v) is 11.3. The molecule has 0 aliphatic rings. The largest absolute Gasteiger partial charge is 0.416 e. The SMILES string of the molecule is O=C(Nc1nnc(S(=O)(=O)Nc2cc(C(F)(F)F)ccc2Cl)s1)c1ccc(Cl)cc1Cl. The van der Waals surface area contributed by atoms with Gasteiger partial charge in [0.1, 0.15) is 0 Å². The summed E-state index contributed by atoms with van der Waals surface area (Å²) < 4.78 is 64.9. The number of anilines is 2. The van der Waals surface area contributed by atoms with Crippen molar-refractivity contribution in [1.29, 1.82) is 0 Å². The van der Waals surface area contributed by atoms with Gasteiger partial charge in [-0.1, -0.05) is 46.1 Å². The molecule has 1 amide bonds. The zero-order valence-corrected chi connectivity index (χ0v) is 18.6. The van der Waals surface area contributed by atoms with Crippen molar-refractivity contribution in [2.24, 2.45) is 0 Å². The molecule has 0 aliphatic heterocycles. The van der Waals surface area contributed by atoms with Crippen LogP contribution in [-0.4, -0.2) is 24.5 Å². The number of carbonyl (C=O) groups excluding carboxylic acids is 1. The summed E-state index contributed by atoms with van der Waals surface area (Å²) in [6, 6.07) is 6.30. The maximum atomic E-state index is 12.9. The Morgan fingerprint density at radius 1 is 1.00 bits per heavy atom. The van der Waals surface area contributed by atoms with Gasteiger partial charge in [-0.05, 0) is 36.4 Å². The van der Waals surface area contributed by atoms with E-state index in [9.17, 15) is 26.4 Å². The van der Waals surface area contributed by atoms with E-state index < -0.39 is 37.7 Å². The van der Waals surface area contributed by atoms with Gasteiger partial charge < -0.3 is 0 Å². The fourth-order valence-electron chi connectivity index (χ4n) is 2.18. The van der Waals surface area contributed by atoms with Gasteiger partial charge in [0.2, 0.25) is 5.13 Å². The van der Waals surface area contributed by atoms with Crippen molar-refractivity contribution in [3.05, 3.63) is 62.6 Å². The number of nitrogens with one attached hydrogen (secondary N) is 2. The highest BCUT2D eigenvalue weighted by Crippen LogP contribution is 2.35. The fraction of sp³-hybridized carbons (Fsp3) is 0.0625. The summed E-state index contributed by atoms with van der Waals surface area (Å²) in [5, 5.41) is 9.25. The predicted octanol–water partition coefficient (Wildman–Crippen LogP) is 5.57. The van der Waals surface area contributed by atoms with Crippen LogP contribution in [0.5, 0.6) is 0 Å². The van der Waals surface area contributed by atoms with Crippen LogP contribution in [0.4, 0.5) is 24.0 Å². The minimum Gasteiger partial charge on any atom is -0.296 e.